The Bertz CT molecular complexity index is 1440. The first kappa shape index (κ1) is 26.3. The Hall–Kier alpha value is -4.31. The molecule has 2 aromatic rings. The van der Waals surface area contributed by atoms with Crippen molar-refractivity contribution in [2.24, 2.45) is 10.9 Å². The second-order valence-electron chi connectivity index (χ2n) is 8.79. The minimum atomic E-state index is -1.06. The summed E-state index contributed by atoms with van der Waals surface area (Å²) in [4.78, 5) is 60.6. The zero-order valence-corrected chi connectivity index (χ0v) is 21.9. The first-order chi connectivity index (χ1) is 18.7. The number of allylic oxidation sites excluding steroid dienone is 1. The van der Waals surface area contributed by atoms with Crippen molar-refractivity contribution in [3.05, 3.63) is 59.3 Å². The van der Waals surface area contributed by atoms with Gasteiger partial charge >= 0.3 is 5.97 Å². The number of carbonyl (C=O) groups is 4. The van der Waals surface area contributed by atoms with Gasteiger partial charge in [-0.2, -0.15) is 9.36 Å². The third kappa shape index (κ3) is 5.33. The molecule has 3 atom stereocenters. The molecule has 1 fully saturated rings. The lowest BCUT2D eigenvalue weighted by atomic mass is 10.0. The maximum absolute atomic E-state index is 13.2. The molecule has 2 unspecified atom stereocenters. The summed E-state index contributed by atoms with van der Waals surface area (Å²) in [6.07, 6.45) is 8.17. The number of nitrogens with zero attached hydrogens (tertiary/aromatic N) is 5. The van der Waals surface area contributed by atoms with Gasteiger partial charge in [0.25, 0.3) is 17.7 Å². The highest BCUT2D eigenvalue weighted by atomic mass is 32.2. The van der Waals surface area contributed by atoms with Crippen LogP contribution in [0.2, 0.25) is 0 Å². The van der Waals surface area contributed by atoms with E-state index in [9.17, 15) is 19.2 Å². The summed E-state index contributed by atoms with van der Waals surface area (Å²) >= 11 is 2.25. The van der Waals surface area contributed by atoms with E-state index in [1.807, 2.05) is 12.2 Å². The summed E-state index contributed by atoms with van der Waals surface area (Å²) in [5.41, 5.74) is 11.9. The predicted octanol–water partition coefficient (Wildman–Crippen LogP) is -0.615. The molecular formula is C23H23N8O6S2+. The molecule has 16 heteroatoms. The number of aromatic carboxylic acids is 1. The maximum atomic E-state index is 13.2. The van der Waals surface area contributed by atoms with E-state index in [-0.39, 0.29) is 40.6 Å². The molecule has 202 valence electrons. The summed E-state index contributed by atoms with van der Waals surface area (Å²) in [5.74, 6) is -2.74. The first-order valence-corrected chi connectivity index (χ1v) is 13.5. The smallest absolute Gasteiger partial charge is 0.336 e. The van der Waals surface area contributed by atoms with Crippen LogP contribution in [0.3, 0.4) is 0 Å². The standard InChI is InChI=1S/C23H22N8O6S2/c24-17(32)16-12(9-30-7-5-11(6-8-30)22(35)36)10-38-21-15(20(34)31(16)21)26-19(33)14(18-27-23(25)39-29-18)28-37-13-3-1-2-4-13/h1,3,5-8,13,15,21H,2,4,9-10H2,(H5-,24,25,26,27,29,32,33,35,36)/p+1/t13?,15?,21-/m0/s1. The Morgan fingerprint density at radius 3 is 2.69 bits per heavy atom. The van der Waals surface area contributed by atoms with E-state index >= 15 is 0 Å². The van der Waals surface area contributed by atoms with Gasteiger partial charge in [-0.05, 0) is 18.9 Å². The third-order valence-electron chi connectivity index (χ3n) is 6.20. The molecule has 4 heterocycles. The Labute approximate surface area is 229 Å². The predicted molar refractivity (Wildman–Crippen MR) is 139 cm³/mol. The number of fused-ring (bicyclic) bond motifs is 1. The van der Waals surface area contributed by atoms with Crippen LogP contribution in [0.15, 0.2) is 53.1 Å². The summed E-state index contributed by atoms with van der Waals surface area (Å²) in [6.45, 7) is 0.222. The van der Waals surface area contributed by atoms with Gasteiger partial charge in [0, 0.05) is 35.0 Å². The number of nitrogens with one attached hydrogen (secondary N) is 1. The Morgan fingerprint density at radius 2 is 2.08 bits per heavy atom. The number of thioether (sulfide) groups is 1. The van der Waals surface area contributed by atoms with Crippen molar-refractivity contribution >= 4 is 57.8 Å². The Balaban J connectivity index is 1.32. The molecule has 1 saturated heterocycles. The number of hydrogen-bond donors (Lipinski definition) is 4. The van der Waals surface area contributed by atoms with Crippen LogP contribution in [-0.4, -0.2) is 72.0 Å². The van der Waals surface area contributed by atoms with Gasteiger partial charge in [-0.15, -0.1) is 11.8 Å². The molecule has 14 nitrogen and oxygen atoms in total. The van der Waals surface area contributed by atoms with E-state index in [2.05, 4.69) is 19.8 Å². The van der Waals surface area contributed by atoms with Crippen molar-refractivity contribution in [1.29, 1.82) is 0 Å². The van der Waals surface area contributed by atoms with Crippen LogP contribution >= 0.6 is 23.3 Å². The molecule has 0 bridgehead atoms. The van der Waals surface area contributed by atoms with Gasteiger partial charge in [-0.25, -0.2) is 9.36 Å². The van der Waals surface area contributed by atoms with Crippen LogP contribution in [0.5, 0.6) is 0 Å². The topological polar surface area (TPSA) is 207 Å². The zero-order valence-electron chi connectivity index (χ0n) is 20.2. The number of oxime groups is 1. The van der Waals surface area contributed by atoms with E-state index in [4.69, 9.17) is 21.4 Å². The number of nitrogen functional groups attached to an aromatic ring is 1. The van der Waals surface area contributed by atoms with Gasteiger partial charge in [-0.3, -0.25) is 19.3 Å². The molecule has 2 aromatic heterocycles. The van der Waals surface area contributed by atoms with Crippen LogP contribution < -0.4 is 21.4 Å². The average molecular weight is 572 g/mol. The van der Waals surface area contributed by atoms with Crippen molar-refractivity contribution in [1.82, 2.24) is 19.6 Å². The number of β-lactam (4-membered cyclic amide) rings is 1. The molecule has 3 amide bonds. The molecule has 1 aliphatic carbocycles. The van der Waals surface area contributed by atoms with E-state index in [0.29, 0.717) is 17.7 Å². The second-order valence-corrected chi connectivity index (χ2v) is 10.7. The molecule has 0 spiro atoms. The number of primary amides is 1. The van der Waals surface area contributed by atoms with Crippen molar-refractivity contribution in [2.45, 2.75) is 36.9 Å². The van der Waals surface area contributed by atoms with Gasteiger partial charge in [0.2, 0.25) is 11.5 Å². The van der Waals surface area contributed by atoms with Gasteiger partial charge in [0.05, 0.1) is 5.56 Å². The molecule has 0 saturated carbocycles. The second kappa shape index (κ2) is 10.8. The first-order valence-electron chi connectivity index (χ1n) is 11.7. The van der Waals surface area contributed by atoms with E-state index in [0.717, 1.165) is 18.0 Å². The van der Waals surface area contributed by atoms with Crippen molar-refractivity contribution < 1.29 is 33.7 Å². The van der Waals surface area contributed by atoms with Gasteiger partial charge < -0.3 is 26.7 Å². The highest BCUT2D eigenvalue weighted by molar-refractivity contribution is 8.00. The summed E-state index contributed by atoms with van der Waals surface area (Å²) in [7, 11) is 0. The zero-order chi connectivity index (χ0) is 27.7. The summed E-state index contributed by atoms with van der Waals surface area (Å²) < 4.78 is 5.73. The number of amides is 3. The molecule has 0 aromatic carbocycles. The van der Waals surface area contributed by atoms with Crippen LogP contribution in [0.1, 0.15) is 29.0 Å². The molecule has 2 aliphatic heterocycles. The third-order valence-corrected chi connectivity index (χ3v) is 8.08. The van der Waals surface area contributed by atoms with E-state index in [1.54, 1.807) is 17.0 Å². The van der Waals surface area contributed by atoms with Crippen LogP contribution in [0.4, 0.5) is 5.13 Å². The van der Waals surface area contributed by atoms with Crippen LogP contribution in [0, 0.1) is 0 Å². The lowest BCUT2D eigenvalue weighted by Gasteiger charge is -2.49. The number of carbonyl (C=O) groups excluding carboxylic acids is 3. The molecule has 5 rings (SSSR count). The number of carboxylic acid groups (broad SMARTS) is 1. The number of aromatic nitrogens is 3. The lowest BCUT2D eigenvalue weighted by Crippen LogP contribution is -2.71. The van der Waals surface area contributed by atoms with Crippen LogP contribution in [-0.2, 0) is 25.8 Å². The van der Waals surface area contributed by atoms with Gasteiger partial charge in [0.15, 0.2) is 24.1 Å². The van der Waals surface area contributed by atoms with Crippen molar-refractivity contribution in [3.8, 4) is 0 Å². The Kier molecular flexibility index (Phi) is 7.30. The highest BCUT2D eigenvalue weighted by Crippen LogP contribution is 2.40. The molecule has 6 N–H and O–H groups in total. The average Bonchev–Trinajstić information content (AvgIpc) is 3.59. The maximum Gasteiger partial charge on any atom is 0.336 e. The van der Waals surface area contributed by atoms with Gasteiger partial charge in [-0.1, -0.05) is 11.2 Å². The normalized spacial score (nSPS) is 22.4. The van der Waals surface area contributed by atoms with E-state index in [1.165, 1.54) is 28.8 Å². The number of carboxylic acids is 1. The SMILES string of the molecule is NC(=O)C1=C(C[n+]2ccc(C(=O)O)cc2)CS[C@H]2C(NC(=O)C(=NOC3C=CCC3)c3nsc(N)n3)C(=O)N12. The fourth-order valence-electron chi connectivity index (χ4n) is 4.31. The molecule has 39 heavy (non-hydrogen) atoms. The fourth-order valence-corrected chi connectivity index (χ4v) is 6.08. The van der Waals surface area contributed by atoms with Crippen molar-refractivity contribution in [3.63, 3.8) is 0 Å². The minimum absolute atomic E-state index is 0.0251. The minimum Gasteiger partial charge on any atom is -0.478 e. The van der Waals surface area contributed by atoms with E-state index < -0.39 is 35.1 Å². The quantitative estimate of drug-likeness (QED) is 0.0986. The lowest BCUT2D eigenvalue weighted by molar-refractivity contribution is -0.689. The number of rotatable bonds is 9. The number of nitrogens with two attached hydrogens (primary N) is 2. The number of anilines is 1. The van der Waals surface area contributed by atoms with Crippen molar-refractivity contribution in [2.75, 3.05) is 11.5 Å². The monoisotopic (exact) mass is 571 g/mol. The largest absolute Gasteiger partial charge is 0.478 e. The molecule has 0 radical (unpaired) electrons. The summed E-state index contributed by atoms with van der Waals surface area (Å²) in [6, 6.07) is 1.92. The number of pyridine rings is 1. The number of hydrogen-bond acceptors (Lipinski definition) is 11. The Morgan fingerprint density at radius 1 is 1.31 bits per heavy atom. The fraction of sp³-hybridized carbons (Fsp3) is 0.304. The molecule has 3 aliphatic rings. The highest BCUT2D eigenvalue weighted by Gasteiger charge is 2.54. The summed E-state index contributed by atoms with van der Waals surface area (Å²) in [5, 5.41) is 15.3. The van der Waals surface area contributed by atoms with Crippen LogP contribution in [0.25, 0.3) is 0 Å². The molecular weight excluding hydrogens is 548 g/mol. The van der Waals surface area contributed by atoms with Gasteiger partial charge in [0.1, 0.15) is 23.2 Å².